The third-order valence-corrected chi connectivity index (χ3v) is 3.87. The molecule has 0 bridgehead atoms. The number of hydrogen-bond donors (Lipinski definition) is 1. The Bertz CT molecular complexity index is 316. The van der Waals surface area contributed by atoms with Gasteiger partial charge in [0.05, 0.1) is 13.2 Å². The van der Waals surface area contributed by atoms with Crippen molar-refractivity contribution in [1.82, 2.24) is 5.32 Å². The van der Waals surface area contributed by atoms with Crippen LogP contribution in [0, 0.1) is 0 Å². The van der Waals surface area contributed by atoms with Gasteiger partial charge < -0.3 is 10.1 Å². The van der Waals surface area contributed by atoms with Gasteiger partial charge >= 0.3 is 0 Å². The van der Waals surface area contributed by atoms with Crippen molar-refractivity contribution in [3.63, 3.8) is 0 Å². The Balaban J connectivity index is 1.85. The van der Waals surface area contributed by atoms with Crippen LogP contribution in [-0.2, 0) is 4.74 Å². The maximum Gasteiger partial charge on any atom is 0.0591 e. The third kappa shape index (κ3) is 2.74. The average molecular weight is 223 g/mol. The first kappa shape index (κ1) is 11.0. The molecule has 1 heterocycles. The standard InChI is InChI=1S/C12H17NOS/c1-13-6-7-14-8-10-9-15-12-5-3-2-4-11(10)12/h2-5,10,13H,6-9H2,1H3. The summed E-state index contributed by atoms with van der Waals surface area (Å²) < 4.78 is 5.64. The number of nitrogens with one attached hydrogen (secondary N) is 1. The molecule has 1 N–H and O–H groups in total. The van der Waals surface area contributed by atoms with E-state index >= 15 is 0 Å². The number of thioether (sulfide) groups is 1. The van der Waals surface area contributed by atoms with Gasteiger partial charge in [-0.2, -0.15) is 0 Å². The second-order valence-electron chi connectivity index (χ2n) is 3.72. The highest BCUT2D eigenvalue weighted by atomic mass is 32.2. The van der Waals surface area contributed by atoms with Crippen LogP contribution in [0.5, 0.6) is 0 Å². The molecular formula is C12H17NOS. The first-order valence-corrected chi connectivity index (χ1v) is 6.34. The van der Waals surface area contributed by atoms with Crippen LogP contribution in [0.1, 0.15) is 11.5 Å². The molecule has 1 aliphatic rings. The number of ether oxygens (including phenoxy) is 1. The van der Waals surface area contributed by atoms with Gasteiger partial charge in [0.25, 0.3) is 0 Å². The van der Waals surface area contributed by atoms with Crippen LogP contribution >= 0.6 is 11.8 Å². The monoisotopic (exact) mass is 223 g/mol. The molecule has 15 heavy (non-hydrogen) atoms. The summed E-state index contributed by atoms with van der Waals surface area (Å²) in [5.41, 5.74) is 1.46. The van der Waals surface area contributed by atoms with Crippen molar-refractivity contribution < 1.29 is 4.74 Å². The van der Waals surface area contributed by atoms with Crippen LogP contribution < -0.4 is 5.32 Å². The maximum atomic E-state index is 5.64. The van der Waals surface area contributed by atoms with Gasteiger partial charge in [-0.15, -0.1) is 11.8 Å². The second kappa shape index (κ2) is 5.54. The Labute approximate surface area is 95.4 Å². The third-order valence-electron chi connectivity index (χ3n) is 2.61. The minimum Gasteiger partial charge on any atom is -0.379 e. The van der Waals surface area contributed by atoms with E-state index in [0.717, 1.165) is 19.8 Å². The van der Waals surface area contributed by atoms with Crippen molar-refractivity contribution in [2.45, 2.75) is 10.8 Å². The molecule has 82 valence electrons. The van der Waals surface area contributed by atoms with Crippen LogP contribution in [0.15, 0.2) is 29.2 Å². The first-order chi connectivity index (χ1) is 7.42. The van der Waals surface area contributed by atoms with Crippen molar-refractivity contribution in [2.75, 3.05) is 32.6 Å². The molecule has 0 aromatic heterocycles. The summed E-state index contributed by atoms with van der Waals surface area (Å²) in [5, 5.41) is 3.08. The highest BCUT2D eigenvalue weighted by Gasteiger charge is 2.22. The highest BCUT2D eigenvalue weighted by molar-refractivity contribution is 7.99. The van der Waals surface area contributed by atoms with E-state index in [-0.39, 0.29) is 0 Å². The van der Waals surface area contributed by atoms with E-state index in [1.165, 1.54) is 16.2 Å². The van der Waals surface area contributed by atoms with Crippen molar-refractivity contribution >= 4 is 11.8 Å². The summed E-state index contributed by atoms with van der Waals surface area (Å²) in [6.07, 6.45) is 0. The molecule has 0 radical (unpaired) electrons. The molecule has 0 aliphatic carbocycles. The van der Waals surface area contributed by atoms with Gasteiger partial charge in [-0.25, -0.2) is 0 Å². The van der Waals surface area contributed by atoms with Gasteiger partial charge in [0.15, 0.2) is 0 Å². The molecule has 0 spiro atoms. The average Bonchev–Trinajstić information content (AvgIpc) is 2.68. The Morgan fingerprint density at radius 1 is 1.47 bits per heavy atom. The number of hydrogen-bond acceptors (Lipinski definition) is 3. The fraction of sp³-hybridized carbons (Fsp3) is 0.500. The predicted octanol–water partition coefficient (Wildman–Crippen LogP) is 2.11. The van der Waals surface area contributed by atoms with Gasteiger partial charge in [0.1, 0.15) is 0 Å². The summed E-state index contributed by atoms with van der Waals surface area (Å²) in [4.78, 5) is 1.43. The zero-order valence-corrected chi connectivity index (χ0v) is 9.85. The zero-order chi connectivity index (χ0) is 10.5. The fourth-order valence-electron chi connectivity index (χ4n) is 1.77. The molecule has 1 aromatic rings. The number of rotatable bonds is 5. The molecule has 3 heteroatoms. The van der Waals surface area contributed by atoms with Crippen LogP contribution in [0.25, 0.3) is 0 Å². The lowest BCUT2D eigenvalue weighted by molar-refractivity contribution is 0.127. The van der Waals surface area contributed by atoms with Crippen molar-refractivity contribution in [1.29, 1.82) is 0 Å². The lowest BCUT2D eigenvalue weighted by atomic mass is 10.0. The molecular weight excluding hydrogens is 206 g/mol. The van der Waals surface area contributed by atoms with Gasteiger partial charge in [-0.1, -0.05) is 18.2 Å². The van der Waals surface area contributed by atoms with Crippen molar-refractivity contribution in [3.05, 3.63) is 29.8 Å². The predicted molar refractivity (Wildman–Crippen MR) is 64.7 cm³/mol. The molecule has 0 fully saturated rings. The van der Waals surface area contributed by atoms with Crippen molar-refractivity contribution in [2.24, 2.45) is 0 Å². The van der Waals surface area contributed by atoms with Crippen LogP contribution in [0.4, 0.5) is 0 Å². The number of benzene rings is 1. The highest BCUT2D eigenvalue weighted by Crippen LogP contribution is 2.39. The van der Waals surface area contributed by atoms with Gasteiger partial charge in [0.2, 0.25) is 0 Å². The molecule has 0 saturated carbocycles. The quantitative estimate of drug-likeness (QED) is 0.773. The Morgan fingerprint density at radius 3 is 3.20 bits per heavy atom. The van der Waals surface area contributed by atoms with E-state index in [9.17, 15) is 0 Å². The summed E-state index contributed by atoms with van der Waals surface area (Å²) in [6, 6.07) is 8.65. The Morgan fingerprint density at radius 2 is 2.33 bits per heavy atom. The van der Waals surface area contributed by atoms with E-state index in [2.05, 4.69) is 29.6 Å². The summed E-state index contributed by atoms with van der Waals surface area (Å²) >= 11 is 1.94. The SMILES string of the molecule is CNCCOCC1CSc2ccccc21. The smallest absolute Gasteiger partial charge is 0.0591 e. The van der Waals surface area contributed by atoms with E-state index in [1.807, 2.05) is 18.8 Å². The largest absolute Gasteiger partial charge is 0.379 e. The Kier molecular flexibility index (Phi) is 4.06. The normalized spacial score (nSPS) is 19.1. The molecule has 2 rings (SSSR count). The van der Waals surface area contributed by atoms with Crippen LogP contribution in [0.3, 0.4) is 0 Å². The fourth-order valence-corrected chi connectivity index (χ4v) is 3.00. The van der Waals surface area contributed by atoms with Crippen molar-refractivity contribution in [3.8, 4) is 0 Å². The summed E-state index contributed by atoms with van der Waals surface area (Å²) in [5.74, 6) is 1.75. The molecule has 1 aromatic carbocycles. The van der Waals surface area contributed by atoms with Crippen LogP contribution in [0.2, 0.25) is 0 Å². The Hall–Kier alpha value is -0.510. The first-order valence-electron chi connectivity index (χ1n) is 5.36. The van der Waals surface area contributed by atoms with E-state index in [0.29, 0.717) is 5.92 Å². The lowest BCUT2D eigenvalue weighted by Crippen LogP contribution is -2.17. The summed E-state index contributed by atoms with van der Waals surface area (Å²) in [7, 11) is 1.95. The molecule has 0 saturated heterocycles. The zero-order valence-electron chi connectivity index (χ0n) is 9.03. The molecule has 1 unspecified atom stereocenters. The van der Waals surface area contributed by atoms with E-state index in [1.54, 1.807) is 0 Å². The number of likely N-dealkylation sites (N-methyl/N-ethyl adjacent to an activating group) is 1. The molecule has 2 nitrogen and oxygen atoms in total. The minimum absolute atomic E-state index is 0.586. The van der Waals surface area contributed by atoms with Gasteiger partial charge in [-0.05, 0) is 18.7 Å². The maximum absolute atomic E-state index is 5.64. The second-order valence-corrected chi connectivity index (χ2v) is 4.79. The van der Waals surface area contributed by atoms with Crippen LogP contribution in [-0.4, -0.2) is 32.6 Å². The van der Waals surface area contributed by atoms with E-state index in [4.69, 9.17) is 4.74 Å². The molecule has 1 aliphatic heterocycles. The minimum atomic E-state index is 0.586. The topological polar surface area (TPSA) is 21.3 Å². The lowest BCUT2D eigenvalue weighted by Gasteiger charge is -2.11. The van der Waals surface area contributed by atoms with Gasteiger partial charge in [0, 0.05) is 23.1 Å². The van der Waals surface area contributed by atoms with Gasteiger partial charge in [-0.3, -0.25) is 0 Å². The van der Waals surface area contributed by atoms with E-state index < -0.39 is 0 Å². The molecule has 0 amide bonds. The summed E-state index contributed by atoms with van der Waals surface area (Å²) in [6.45, 7) is 2.59. The molecule has 1 atom stereocenters. The number of fused-ring (bicyclic) bond motifs is 1.